The van der Waals surface area contributed by atoms with Crippen LogP contribution in [-0.2, 0) is 9.59 Å². The number of nitrogens with one attached hydrogen (secondary N) is 2. The highest BCUT2D eigenvalue weighted by Crippen LogP contribution is 2.24. The van der Waals surface area contributed by atoms with Crippen LogP contribution in [0.1, 0.15) is 39.3 Å². The molecule has 1 atom stereocenters. The summed E-state index contributed by atoms with van der Waals surface area (Å²) < 4.78 is 5.37. The zero-order valence-electron chi connectivity index (χ0n) is 15.0. The van der Waals surface area contributed by atoms with E-state index < -0.39 is 6.04 Å². The van der Waals surface area contributed by atoms with Crippen LogP contribution in [0.4, 0.5) is 0 Å². The molecule has 0 unspecified atom stereocenters. The van der Waals surface area contributed by atoms with Crippen LogP contribution >= 0.6 is 0 Å². The number of carbonyl (C=O) groups is 2. The number of ether oxygens (including phenoxy) is 1. The number of benzene rings is 1. The van der Waals surface area contributed by atoms with Gasteiger partial charge in [-0.3, -0.25) is 9.59 Å². The molecule has 5 nitrogen and oxygen atoms in total. The first-order valence-corrected chi connectivity index (χ1v) is 7.84. The molecule has 0 fully saturated rings. The van der Waals surface area contributed by atoms with Crippen molar-refractivity contribution in [2.24, 2.45) is 0 Å². The van der Waals surface area contributed by atoms with E-state index in [1.807, 2.05) is 52.0 Å². The highest BCUT2D eigenvalue weighted by atomic mass is 16.5. The van der Waals surface area contributed by atoms with Crippen LogP contribution in [0.2, 0.25) is 0 Å². The molecule has 2 amide bonds. The molecule has 0 spiro atoms. The van der Waals surface area contributed by atoms with Crippen molar-refractivity contribution in [1.82, 2.24) is 10.6 Å². The van der Waals surface area contributed by atoms with Crippen LogP contribution in [0.3, 0.4) is 0 Å². The molecule has 130 valence electrons. The van der Waals surface area contributed by atoms with Crippen molar-refractivity contribution in [3.05, 3.63) is 53.1 Å². The number of hydrogen-bond acceptors (Lipinski definition) is 3. The Kier molecular flexibility index (Phi) is 7.75. The number of carbonyl (C=O) groups excluding carboxylic acids is 2. The van der Waals surface area contributed by atoms with Crippen molar-refractivity contribution in [1.29, 1.82) is 0 Å². The van der Waals surface area contributed by atoms with E-state index in [2.05, 4.69) is 10.6 Å². The minimum absolute atomic E-state index is 0.189. The predicted octanol–water partition coefficient (Wildman–Crippen LogP) is 2.90. The van der Waals surface area contributed by atoms with Gasteiger partial charge in [-0.25, -0.2) is 0 Å². The summed E-state index contributed by atoms with van der Waals surface area (Å²) in [5.74, 6) is 0.269. The third-order valence-electron chi connectivity index (χ3n) is 3.15. The molecular formula is C19H26N2O3. The molecule has 1 rings (SSSR count). The first-order chi connectivity index (χ1) is 11.3. The molecule has 0 radical (unpaired) electrons. The molecule has 0 bridgehead atoms. The van der Waals surface area contributed by atoms with Crippen molar-refractivity contribution < 1.29 is 14.3 Å². The molecule has 0 aliphatic heterocycles. The van der Waals surface area contributed by atoms with Gasteiger partial charge in [-0.1, -0.05) is 29.3 Å². The highest BCUT2D eigenvalue weighted by Gasteiger charge is 2.18. The standard InChI is InChI=1S/C19H26N2O3/c1-13(2)10-18(22)20-12-16(21-19(23)11-14(3)4)15-8-6-7-9-17(15)24-5/h6-11,16H,12H2,1-5H3,(H,20,22)(H,21,23)/t16-/m1/s1. The van der Waals surface area contributed by atoms with Gasteiger partial charge < -0.3 is 15.4 Å². The lowest BCUT2D eigenvalue weighted by atomic mass is 10.1. The first-order valence-electron chi connectivity index (χ1n) is 7.84. The Morgan fingerprint density at radius 2 is 1.62 bits per heavy atom. The van der Waals surface area contributed by atoms with E-state index >= 15 is 0 Å². The second kappa shape index (κ2) is 9.55. The molecule has 24 heavy (non-hydrogen) atoms. The SMILES string of the molecule is COc1ccccc1[C@@H](CNC(=O)C=C(C)C)NC(=O)C=C(C)C. The molecule has 0 aromatic heterocycles. The number of amides is 2. The lowest BCUT2D eigenvalue weighted by molar-refractivity contribution is -0.119. The number of methoxy groups -OCH3 is 1. The zero-order chi connectivity index (χ0) is 18.1. The van der Waals surface area contributed by atoms with Crippen LogP contribution in [0.15, 0.2) is 47.6 Å². The van der Waals surface area contributed by atoms with E-state index in [0.717, 1.165) is 16.7 Å². The maximum atomic E-state index is 12.1. The van der Waals surface area contributed by atoms with Gasteiger partial charge in [0, 0.05) is 24.3 Å². The normalized spacial score (nSPS) is 11.0. The summed E-state index contributed by atoms with van der Waals surface area (Å²) in [6.07, 6.45) is 3.05. The lowest BCUT2D eigenvalue weighted by Gasteiger charge is -2.21. The Morgan fingerprint density at radius 3 is 2.21 bits per heavy atom. The van der Waals surface area contributed by atoms with Crippen LogP contribution in [0.5, 0.6) is 5.75 Å². The van der Waals surface area contributed by atoms with Crippen LogP contribution < -0.4 is 15.4 Å². The fraction of sp³-hybridized carbons (Fsp3) is 0.368. The Balaban J connectivity index is 2.99. The molecule has 1 aromatic rings. The van der Waals surface area contributed by atoms with Crippen molar-refractivity contribution >= 4 is 11.8 Å². The van der Waals surface area contributed by atoms with Crippen molar-refractivity contribution in [2.45, 2.75) is 33.7 Å². The van der Waals surface area contributed by atoms with Gasteiger partial charge in [0.1, 0.15) is 5.75 Å². The largest absolute Gasteiger partial charge is 0.496 e. The minimum Gasteiger partial charge on any atom is -0.496 e. The molecule has 0 saturated heterocycles. The van der Waals surface area contributed by atoms with E-state index in [0.29, 0.717) is 5.75 Å². The number of allylic oxidation sites excluding steroid dienone is 2. The zero-order valence-corrected chi connectivity index (χ0v) is 15.0. The van der Waals surface area contributed by atoms with Gasteiger partial charge in [0.05, 0.1) is 13.2 Å². The summed E-state index contributed by atoms with van der Waals surface area (Å²) in [6, 6.07) is 7.04. The van der Waals surface area contributed by atoms with Crippen molar-refractivity contribution in [3.8, 4) is 5.75 Å². The van der Waals surface area contributed by atoms with Crippen LogP contribution in [0, 0.1) is 0 Å². The highest BCUT2D eigenvalue weighted by molar-refractivity contribution is 5.89. The predicted molar refractivity (Wildman–Crippen MR) is 95.7 cm³/mol. The molecule has 0 heterocycles. The summed E-state index contributed by atoms with van der Waals surface area (Å²) in [6.45, 7) is 7.69. The quantitative estimate of drug-likeness (QED) is 0.755. The first kappa shape index (κ1) is 19.5. The minimum atomic E-state index is -0.390. The molecule has 2 N–H and O–H groups in total. The van der Waals surface area contributed by atoms with Gasteiger partial charge in [0.2, 0.25) is 11.8 Å². The maximum absolute atomic E-state index is 12.1. The van der Waals surface area contributed by atoms with E-state index in [4.69, 9.17) is 4.74 Å². The smallest absolute Gasteiger partial charge is 0.244 e. The Labute approximate surface area is 143 Å². The molecule has 0 saturated carbocycles. The maximum Gasteiger partial charge on any atom is 0.244 e. The van der Waals surface area contributed by atoms with Gasteiger partial charge in [-0.15, -0.1) is 0 Å². The topological polar surface area (TPSA) is 67.4 Å². The number of hydrogen-bond donors (Lipinski definition) is 2. The molecule has 1 aromatic carbocycles. The van der Waals surface area contributed by atoms with E-state index in [-0.39, 0.29) is 18.4 Å². The van der Waals surface area contributed by atoms with Gasteiger partial charge in [-0.05, 0) is 33.8 Å². The average molecular weight is 330 g/mol. The van der Waals surface area contributed by atoms with Gasteiger partial charge in [-0.2, -0.15) is 0 Å². The summed E-state index contributed by atoms with van der Waals surface area (Å²) in [5.41, 5.74) is 2.63. The van der Waals surface area contributed by atoms with Crippen molar-refractivity contribution in [3.63, 3.8) is 0 Å². The van der Waals surface area contributed by atoms with Gasteiger partial charge in [0.15, 0.2) is 0 Å². The molecule has 5 heteroatoms. The summed E-state index contributed by atoms with van der Waals surface area (Å²) in [5, 5.41) is 5.73. The fourth-order valence-corrected chi connectivity index (χ4v) is 2.18. The summed E-state index contributed by atoms with van der Waals surface area (Å²) in [7, 11) is 1.58. The monoisotopic (exact) mass is 330 g/mol. The number of rotatable bonds is 7. The van der Waals surface area contributed by atoms with Crippen LogP contribution in [-0.4, -0.2) is 25.5 Å². The fourth-order valence-electron chi connectivity index (χ4n) is 2.18. The Bertz CT molecular complexity index is 640. The van der Waals surface area contributed by atoms with E-state index in [1.54, 1.807) is 7.11 Å². The van der Waals surface area contributed by atoms with Gasteiger partial charge in [0.25, 0.3) is 0 Å². The third-order valence-corrected chi connectivity index (χ3v) is 3.15. The van der Waals surface area contributed by atoms with Gasteiger partial charge >= 0.3 is 0 Å². The number of para-hydroxylation sites is 1. The second-order valence-electron chi connectivity index (χ2n) is 5.99. The molecule has 0 aliphatic carbocycles. The average Bonchev–Trinajstić information content (AvgIpc) is 2.50. The van der Waals surface area contributed by atoms with Crippen molar-refractivity contribution in [2.75, 3.05) is 13.7 Å². The summed E-state index contributed by atoms with van der Waals surface area (Å²) >= 11 is 0. The van der Waals surface area contributed by atoms with E-state index in [9.17, 15) is 9.59 Å². The molecule has 0 aliphatic rings. The Morgan fingerprint density at radius 1 is 1.04 bits per heavy atom. The third kappa shape index (κ3) is 6.69. The second-order valence-corrected chi connectivity index (χ2v) is 5.99. The molecular weight excluding hydrogens is 304 g/mol. The van der Waals surface area contributed by atoms with E-state index in [1.165, 1.54) is 12.2 Å². The Hall–Kier alpha value is -2.56. The lowest BCUT2D eigenvalue weighted by Crippen LogP contribution is -2.37. The van der Waals surface area contributed by atoms with Crippen LogP contribution in [0.25, 0.3) is 0 Å². The summed E-state index contributed by atoms with van der Waals surface area (Å²) in [4.78, 5) is 24.0.